The maximum Gasteiger partial charge on any atom is 0.174 e. The van der Waals surface area contributed by atoms with Crippen LogP contribution in [0.1, 0.15) is 52.4 Å². The first kappa shape index (κ1) is 15.6. The Bertz CT molecular complexity index is 602. The van der Waals surface area contributed by atoms with Crippen molar-refractivity contribution < 1.29 is 14.6 Å². The largest absolute Gasteiger partial charge is 0.389 e. The number of hydrogen-bond donors (Lipinski definition) is 1. The molecule has 6 atom stereocenters. The van der Waals surface area contributed by atoms with E-state index in [1.54, 1.807) is 0 Å². The average molecular weight is 330 g/mol. The van der Waals surface area contributed by atoms with E-state index in [1.165, 1.54) is 31.3 Å². The van der Waals surface area contributed by atoms with Gasteiger partial charge in [-0.1, -0.05) is 37.6 Å². The monoisotopic (exact) mass is 330 g/mol. The molecule has 0 aromatic carbocycles. The van der Waals surface area contributed by atoms with Crippen molar-refractivity contribution in [2.45, 2.75) is 64.3 Å². The van der Waals surface area contributed by atoms with Crippen LogP contribution in [0.2, 0.25) is 0 Å². The van der Waals surface area contributed by atoms with Crippen molar-refractivity contribution >= 4 is 0 Å². The summed E-state index contributed by atoms with van der Waals surface area (Å²) in [7, 11) is 0. The van der Waals surface area contributed by atoms with E-state index >= 15 is 0 Å². The quantitative estimate of drug-likeness (QED) is 0.686. The Morgan fingerprint density at radius 1 is 1.08 bits per heavy atom. The predicted molar refractivity (Wildman–Crippen MR) is 92.3 cm³/mol. The molecule has 0 radical (unpaired) electrons. The number of rotatable bonds is 0. The zero-order chi connectivity index (χ0) is 16.6. The normalized spacial score (nSPS) is 51.9. The molecule has 1 heterocycles. The van der Waals surface area contributed by atoms with Gasteiger partial charge in [-0.05, 0) is 49.9 Å². The van der Waals surface area contributed by atoms with Crippen LogP contribution in [0.5, 0.6) is 0 Å². The average Bonchev–Trinajstić information content (AvgIpc) is 3.15. The summed E-state index contributed by atoms with van der Waals surface area (Å²) in [6, 6.07) is 0. The predicted octanol–water partition coefficient (Wildman–Crippen LogP) is 3.83. The lowest BCUT2D eigenvalue weighted by molar-refractivity contribution is -0.241. The Kier molecular flexibility index (Phi) is 3.22. The van der Waals surface area contributed by atoms with Crippen molar-refractivity contribution in [3.8, 4) is 0 Å². The van der Waals surface area contributed by atoms with Crippen LogP contribution in [0.25, 0.3) is 0 Å². The van der Waals surface area contributed by atoms with Crippen molar-refractivity contribution in [1.29, 1.82) is 0 Å². The molecule has 1 aliphatic heterocycles. The van der Waals surface area contributed by atoms with Crippen LogP contribution in [0.15, 0.2) is 23.8 Å². The van der Waals surface area contributed by atoms with Crippen LogP contribution in [-0.2, 0) is 9.47 Å². The van der Waals surface area contributed by atoms with Gasteiger partial charge in [-0.25, -0.2) is 0 Å². The first-order chi connectivity index (χ1) is 11.5. The van der Waals surface area contributed by atoms with Crippen molar-refractivity contribution in [2.24, 2.45) is 28.6 Å². The Morgan fingerprint density at radius 3 is 2.62 bits per heavy atom. The molecule has 0 aromatic rings. The van der Waals surface area contributed by atoms with Crippen molar-refractivity contribution in [2.75, 3.05) is 13.2 Å². The third-order valence-corrected chi connectivity index (χ3v) is 8.43. The summed E-state index contributed by atoms with van der Waals surface area (Å²) in [6.07, 6.45) is 13.3. The second-order valence-electron chi connectivity index (χ2n) is 9.20. The molecule has 0 amide bonds. The third kappa shape index (κ3) is 1.79. The first-order valence-corrected chi connectivity index (χ1v) is 9.83. The number of ether oxygens (including phenoxy) is 2. The van der Waals surface area contributed by atoms with Crippen molar-refractivity contribution in [3.05, 3.63) is 23.8 Å². The van der Waals surface area contributed by atoms with Gasteiger partial charge in [-0.15, -0.1) is 0 Å². The molecule has 1 spiro atoms. The molecule has 1 N–H and O–H groups in total. The van der Waals surface area contributed by atoms with Crippen LogP contribution in [-0.4, -0.2) is 30.2 Å². The molecule has 5 aliphatic rings. The fraction of sp³-hybridized carbons (Fsp3) is 0.810. The Balaban J connectivity index is 1.51. The summed E-state index contributed by atoms with van der Waals surface area (Å²) < 4.78 is 12.4. The minimum atomic E-state index is -0.299. The number of allylic oxidation sites excluding steroid dienone is 2. The van der Waals surface area contributed by atoms with Gasteiger partial charge in [0.15, 0.2) is 5.79 Å². The number of fused-ring (bicyclic) bond motifs is 6. The van der Waals surface area contributed by atoms with E-state index in [1.807, 2.05) is 6.08 Å². The molecule has 3 unspecified atom stereocenters. The number of aliphatic hydroxyl groups is 1. The lowest BCUT2D eigenvalue weighted by atomic mass is 9.49. The van der Waals surface area contributed by atoms with Gasteiger partial charge in [0, 0.05) is 17.3 Å². The summed E-state index contributed by atoms with van der Waals surface area (Å²) in [4.78, 5) is 0. The van der Waals surface area contributed by atoms with Crippen molar-refractivity contribution in [1.82, 2.24) is 0 Å². The zero-order valence-corrected chi connectivity index (χ0v) is 15.0. The molecule has 0 aromatic heterocycles. The molecule has 3 heteroatoms. The Morgan fingerprint density at radius 2 is 1.83 bits per heavy atom. The van der Waals surface area contributed by atoms with Crippen LogP contribution >= 0.6 is 0 Å². The molecule has 4 aliphatic carbocycles. The van der Waals surface area contributed by atoms with E-state index in [0.29, 0.717) is 11.8 Å². The standard InChI is InChI=1S/C21H30O3/c1-19-8-5-15(22)13-14(19)3-4-16-17(19)6-9-20(2)18(16)7-10-21(20)23-11-12-24-21/h3,5,8,15-18,22H,4,6-7,9-13H2,1-2H3/t15-,16?,17?,18?,19-,20-/m0/s1. The van der Waals surface area contributed by atoms with E-state index in [-0.39, 0.29) is 22.7 Å². The number of hydrogen-bond acceptors (Lipinski definition) is 3. The van der Waals surface area contributed by atoms with E-state index in [4.69, 9.17) is 9.47 Å². The maximum absolute atomic E-state index is 10.0. The summed E-state index contributed by atoms with van der Waals surface area (Å²) >= 11 is 0. The first-order valence-electron chi connectivity index (χ1n) is 9.83. The molecule has 1 saturated heterocycles. The Hall–Kier alpha value is -0.640. The van der Waals surface area contributed by atoms with E-state index in [2.05, 4.69) is 26.0 Å². The lowest BCUT2D eigenvalue weighted by Crippen LogP contribution is -2.54. The molecule has 2 saturated carbocycles. The smallest absolute Gasteiger partial charge is 0.174 e. The zero-order valence-electron chi connectivity index (χ0n) is 15.0. The minimum Gasteiger partial charge on any atom is -0.389 e. The van der Waals surface area contributed by atoms with Gasteiger partial charge >= 0.3 is 0 Å². The van der Waals surface area contributed by atoms with Gasteiger partial charge in [-0.3, -0.25) is 0 Å². The van der Waals surface area contributed by atoms with Crippen LogP contribution in [0.3, 0.4) is 0 Å². The second kappa shape index (κ2) is 4.96. The molecular weight excluding hydrogens is 300 g/mol. The van der Waals surface area contributed by atoms with Gasteiger partial charge in [0.25, 0.3) is 0 Å². The van der Waals surface area contributed by atoms with Gasteiger partial charge in [0.05, 0.1) is 19.3 Å². The van der Waals surface area contributed by atoms with E-state index in [9.17, 15) is 5.11 Å². The van der Waals surface area contributed by atoms with Gasteiger partial charge < -0.3 is 14.6 Å². The van der Waals surface area contributed by atoms with Crippen LogP contribution in [0, 0.1) is 28.6 Å². The van der Waals surface area contributed by atoms with E-state index in [0.717, 1.165) is 32.0 Å². The van der Waals surface area contributed by atoms with Crippen LogP contribution < -0.4 is 0 Å². The summed E-state index contributed by atoms with van der Waals surface area (Å²) in [5.41, 5.74) is 1.80. The summed E-state index contributed by atoms with van der Waals surface area (Å²) in [6.45, 7) is 6.37. The third-order valence-electron chi connectivity index (χ3n) is 8.43. The highest BCUT2D eigenvalue weighted by Gasteiger charge is 2.66. The van der Waals surface area contributed by atoms with Crippen LogP contribution in [0.4, 0.5) is 0 Å². The Labute approximate surface area is 145 Å². The summed E-state index contributed by atoms with van der Waals surface area (Å²) in [5.74, 6) is 1.83. The molecule has 3 nitrogen and oxygen atoms in total. The lowest BCUT2D eigenvalue weighted by Gasteiger charge is -2.57. The fourth-order valence-corrected chi connectivity index (χ4v) is 7.12. The molecular formula is C21H30O3. The fourth-order valence-electron chi connectivity index (χ4n) is 7.12. The van der Waals surface area contributed by atoms with Gasteiger partial charge in [0.1, 0.15) is 0 Å². The molecule has 5 rings (SSSR count). The molecule has 24 heavy (non-hydrogen) atoms. The summed E-state index contributed by atoms with van der Waals surface area (Å²) in [5, 5.41) is 10.0. The second-order valence-corrected chi connectivity index (χ2v) is 9.20. The SMILES string of the molecule is C[C@]12C=C[C@H](O)CC1=CCC1C2CC[C@@]2(C)C1CCC21OCCO1. The molecule has 132 valence electrons. The highest BCUT2D eigenvalue weighted by atomic mass is 16.7. The molecule has 0 bridgehead atoms. The minimum absolute atomic E-state index is 0.149. The van der Waals surface area contributed by atoms with Crippen molar-refractivity contribution in [3.63, 3.8) is 0 Å². The van der Waals surface area contributed by atoms with Gasteiger partial charge in [0.2, 0.25) is 0 Å². The topological polar surface area (TPSA) is 38.7 Å². The maximum atomic E-state index is 10.0. The molecule has 3 fully saturated rings. The highest BCUT2D eigenvalue weighted by molar-refractivity contribution is 5.33. The van der Waals surface area contributed by atoms with E-state index < -0.39 is 0 Å². The number of aliphatic hydroxyl groups excluding tert-OH is 1. The van der Waals surface area contributed by atoms with Gasteiger partial charge in [-0.2, -0.15) is 0 Å². The highest BCUT2D eigenvalue weighted by Crippen LogP contribution is 2.67.